The van der Waals surface area contributed by atoms with Crippen LogP contribution in [0, 0.1) is 5.92 Å². The van der Waals surface area contributed by atoms with Gasteiger partial charge in [-0.25, -0.2) is 4.99 Å². The Balaban J connectivity index is 0.00000312. The molecule has 0 bridgehead atoms. The normalized spacial score (nSPS) is 21.8. The van der Waals surface area contributed by atoms with E-state index in [0.29, 0.717) is 24.8 Å². The molecule has 0 radical (unpaired) electrons. The fourth-order valence-corrected chi connectivity index (χ4v) is 3.12. The van der Waals surface area contributed by atoms with Crippen molar-refractivity contribution >= 4 is 41.8 Å². The number of guanidine groups is 1. The summed E-state index contributed by atoms with van der Waals surface area (Å²) in [6.45, 7) is 1.62. The SMILES string of the molecule is CN(C)C(=O)CN=C(NCC1CCCCC1)NC1CCC(=O)NC1.I. The lowest BCUT2D eigenvalue weighted by molar-refractivity contribution is -0.127. The second kappa shape index (κ2) is 11.5. The van der Waals surface area contributed by atoms with Gasteiger partial charge in [0.1, 0.15) is 6.54 Å². The number of halogens is 1. The number of hydrogen-bond acceptors (Lipinski definition) is 3. The van der Waals surface area contributed by atoms with Crippen LogP contribution in [0.1, 0.15) is 44.9 Å². The number of carbonyl (C=O) groups excluding carboxylic acids is 2. The van der Waals surface area contributed by atoms with E-state index in [1.165, 1.54) is 32.1 Å². The molecule has 1 atom stereocenters. The lowest BCUT2D eigenvalue weighted by Gasteiger charge is -2.27. The van der Waals surface area contributed by atoms with Crippen LogP contribution in [0.25, 0.3) is 0 Å². The van der Waals surface area contributed by atoms with E-state index in [1.54, 1.807) is 19.0 Å². The van der Waals surface area contributed by atoms with Crippen LogP contribution in [0.15, 0.2) is 4.99 Å². The summed E-state index contributed by atoms with van der Waals surface area (Å²) in [4.78, 5) is 29.1. The number of hydrogen-bond donors (Lipinski definition) is 3. The summed E-state index contributed by atoms with van der Waals surface area (Å²) in [6, 6.07) is 0.162. The molecule has 0 aromatic carbocycles. The van der Waals surface area contributed by atoms with Crippen LogP contribution in [0.2, 0.25) is 0 Å². The van der Waals surface area contributed by atoms with Gasteiger partial charge in [0.25, 0.3) is 0 Å². The topological polar surface area (TPSA) is 85.8 Å². The molecule has 3 N–H and O–H groups in total. The van der Waals surface area contributed by atoms with E-state index >= 15 is 0 Å². The number of likely N-dealkylation sites (N-methyl/N-ethyl adjacent to an activating group) is 1. The Morgan fingerprint density at radius 1 is 1.24 bits per heavy atom. The zero-order valence-corrected chi connectivity index (χ0v) is 17.7. The van der Waals surface area contributed by atoms with Gasteiger partial charge in [-0.3, -0.25) is 9.59 Å². The van der Waals surface area contributed by atoms with Gasteiger partial charge in [0, 0.05) is 39.6 Å². The monoisotopic (exact) mass is 465 g/mol. The maximum atomic E-state index is 11.8. The molecule has 144 valence electrons. The van der Waals surface area contributed by atoms with Gasteiger partial charge < -0.3 is 20.9 Å². The first kappa shape index (κ1) is 22.0. The predicted molar refractivity (Wildman–Crippen MR) is 110 cm³/mol. The first-order valence-electron chi connectivity index (χ1n) is 9.06. The maximum Gasteiger partial charge on any atom is 0.243 e. The van der Waals surface area contributed by atoms with E-state index in [2.05, 4.69) is 20.9 Å². The van der Waals surface area contributed by atoms with Crippen LogP contribution < -0.4 is 16.0 Å². The Kier molecular flexibility index (Phi) is 10.1. The number of rotatable bonds is 5. The van der Waals surface area contributed by atoms with Crippen molar-refractivity contribution in [2.24, 2.45) is 10.9 Å². The standard InChI is InChI=1S/C17H31N5O2.HI/c1-22(2)16(24)12-20-17(19-10-13-6-4-3-5-7-13)21-14-8-9-15(23)18-11-14;/h13-14H,3-12H2,1-2H3,(H,18,23)(H2,19,20,21);1H. The van der Waals surface area contributed by atoms with E-state index < -0.39 is 0 Å². The lowest BCUT2D eigenvalue weighted by atomic mass is 9.89. The molecule has 1 aliphatic carbocycles. The van der Waals surface area contributed by atoms with Crippen LogP contribution in [0.3, 0.4) is 0 Å². The number of carbonyl (C=O) groups is 2. The van der Waals surface area contributed by atoms with Gasteiger partial charge in [-0.05, 0) is 25.2 Å². The molecule has 1 saturated carbocycles. The summed E-state index contributed by atoms with van der Waals surface area (Å²) < 4.78 is 0. The number of amides is 2. The van der Waals surface area contributed by atoms with E-state index in [1.807, 2.05) is 0 Å². The maximum absolute atomic E-state index is 11.8. The molecular weight excluding hydrogens is 433 g/mol. The van der Waals surface area contributed by atoms with Crippen molar-refractivity contribution in [3.8, 4) is 0 Å². The van der Waals surface area contributed by atoms with Crippen molar-refractivity contribution in [3.05, 3.63) is 0 Å². The molecule has 8 heteroatoms. The Morgan fingerprint density at radius 2 is 1.96 bits per heavy atom. The predicted octanol–water partition coefficient (Wildman–Crippen LogP) is 1.09. The highest BCUT2D eigenvalue weighted by atomic mass is 127. The average Bonchev–Trinajstić information content (AvgIpc) is 2.59. The van der Waals surface area contributed by atoms with Crippen molar-refractivity contribution in [3.63, 3.8) is 0 Å². The van der Waals surface area contributed by atoms with Gasteiger partial charge in [0.15, 0.2) is 5.96 Å². The molecule has 1 unspecified atom stereocenters. The summed E-state index contributed by atoms with van der Waals surface area (Å²) in [7, 11) is 3.47. The molecule has 2 fully saturated rings. The number of aliphatic imine (C=N–C) groups is 1. The minimum Gasteiger partial charge on any atom is -0.356 e. The summed E-state index contributed by atoms with van der Waals surface area (Å²) in [6.07, 6.45) is 7.80. The van der Waals surface area contributed by atoms with E-state index in [9.17, 15) is 9.59 Å². The Labute approximate surface area is 167 Å². The lowest BCUT2D eigenvalue weighted by Crippen LogP contribution is -2.52. The second-order valence-corrected chi connectivity index (χ2v) is 7.02. The molecule has 2 rings (SSSR count). The molecule has 1 aliphatic heterocycles. The van der Waals surface area contributed by atoms with E-state index in [4.69, 9.17) is 0 Å². The van der Waals surface area contributed by atoms with Gasteiger partial charge >= 0.3 is 0 Å². The highest BCUT2D eigenvalue weighted by molar-refractivity contribution is 14.0. The molecule has 2 aliphatic rings. The minimum absolute atomic E-state index is 0. The molecule has 25 heavy (non-hydrogen) atoms. The minimum atomic E-state index is -0.0225. The second-order valence-electron chi connectivity index (χ2n) is 7.02. The van der Waals surface area contributed by atoms with Crippen molar-refractivity contribution in [2.75, 3.05) is 33.7 Å². The van der Waals surface area contributed by atoms with Gasteiger partial charge in [-0.15, -0.1) is 24.0 Å². The van der Waals surface area contributed by atoms with E-state index in [-0.39, 0.29) is 48.4 Å². The first-order valence-corrected chi connectivity index (χ1v) is 9.06. The van der Waals surface area contributed by atoms with Crippen molar-refractivity contribution in [2.45, 2.75) is 51.0 Å². The average molecular weight is 465 g/mol. The van der Waals surface area contributed by atoms with Crippen molar-refractivity contribution in [1.82, 2.24) is 20.9 Å². The molecule has 7 nitrogen and oxygen atoms in total. The third-order valence-corrected chi connectivity index (χ3v) is 4.76. The van der Waals surface area contributed by atoms with Crippen LogP contribution >= 0.6 is 24.0 Å². The smallest absolute Gasteiger partial charge is 0.243 e. The van der Waals surface area contributed by atoms with Crippen LogP contribution in [-0.2, 0) is 9.59 Å². The quantitative estimate of drug-likeness (QED) is 0.323. The molecule has 0 spiro atoms. The third kappa shape index (κ3) is 8.24. The largest absolute Gasteiger partial charge is 0.356 e. The molecule has 1 heterocycles. The van der Waals surface area contributed by atoms with Crippen molar-refractivity contribution in [1.29, 1.82) is 0 Å². The van der Waals surface area contributed by atoms with Gasteiger partial charge in [-0.2, -0.15) is 0 Å². The summed E-state index contributed by atoms with van der Waals surface area (Å²) >= 11 is 0. The third-order valence-electron chi connectivity index (χ3n) is 4.76. The molecule has 0 aromatic heterocycles. The number of nitrogens with zero attached hydrogens (tertiary/aromatic N) is 2. The fourth-order valence-electron chi connectivity index (χ4n) is 3.12. The summed E-state index contributed by atoms with van der Waals surface area (Å²) in [5.41, 5.74) is 0. The van der Waals surface area contributed by atoms with Crippen molar-refractivity contribution < 1.29 is 9.59 Å². The Morgan fingerprint density at radius 3 is 2.56 bits per heavy atom. The Bertz CT molecular complexity index is 454. The highest BCUT2D eigenvalue weighted by Crippen LogP contribution is 2.22. The van der Waals surface area contributed by atoms with Gasteiger partial charge in [0.05, 0.1) is 0 Å². The Hall–Kier alpha value is -1.06. The zero-order chi connectivity index (χ0) is 17.4. The fraction of sp³-hybridized carbons (Fsp3) is 0.824. The zero-order valence-electron chi connectivity index (χ0n) is 15.3. The van der Waals surface area contributed by atoms with Gasteiger partial charge in [-0.1, -0.05) is 19.3 Å². The molecular formula is C17H32IN5O2. The summed E-state index contributed by atoms with van der Waals surface area (Å²) in [5.74, 6) is 1.44. The van der Waals surface area contributed by atoms with Crippen LogP contribution in [0.4, 0.5) is 0 Å². The van der Waals surface area contributed by atoms with Gasteiger partial charge in [0.2, 0.25) is 11.8 Å². The van der Waals surface area contributed by atoms with Crippen LogP contribution in [0.5, 0.6) is 0 Å². The molecule has 0 aromatic rings. The number of nitrogens with one attached hydrogen (secondary N) is 3. The summed E-state index contributed by atoms with van der Waals surface area (Å²) in [5, 5.41) is 9.63. The highest BCUT2D eigenvalue weighted by Gasteiger charge is 2.20. The van der Waals surface area contributed by atoms with E-state index in [0.717, 1.165) is 13.0 Å². The first-order chi connectivity index (χ1) is 11.5. The molecule has 1 saturated heterocycles. The number of piperidine rings is 1. The van der Waals surface area contributed by atoms with Crippen LogP contribution in [-0.4, -0.2) is 62.4 Å². The molecule has 2 amide bonds.